The van der Waals surface area contributed by atoms with Gasteiger partial charge in [-0.25, -0.2) is 0 Å². The number of rotatable bonds is 5. The molecule has 2 aliphatic carbocycles. The quantitative estimate of drug-likeness (QED) is 0.347. The summed E-state index contributed by atoms with van der Waals surface area (Å²) in [6, 6.07) is 22.1. The van der Waals surface area contributed by atoms with E-state index in [1.165, 1.54) is 24.0 Å². The molecule has 0 radical (unpaired) electrons. The summed E-state index contributed by atoms with van der Waals surface area (Å²) in [4.78, 5) is 0. The van der Waals surface area contributed by atoms with E-state index in [-0.39, 0.29) is 24.8 Å². The predicted octanol–water partition coefficient (Wildman–Crippen LogP) is 7.17. The van der Waals surface area contributed by atoms with Crippen molar-refractivity contribution in [2.75, 3.05) is 0 Å². The first-order valence-corrected chi connectivity index (χ1v) is 25.4. The number of hydrogen-bond donors (Lipinski definition) is 0. The third-order valence-corrected chi connectivity index (χ3v) is 36.6. The zero-order valence-electron chi connectivity index (χ0n) is 16.4. The summed E-state index contributed by atoms with van der Waals surface area (Å²) in [5, 5.41) is 0. The van der Waals surface area contributed by atoms with Gasteiger partial charge in [0, 0.05) is 0 Å². The Kier molecular flexibility index (Phi) is 9.28. The predicted molar refractivity (Wildman–Crippen MR) is 128 cm³/mol. The maximum absolute atomic E-state index is 2.64. The molecule has 0 saturated carbocycles. The van der Waals surface area contributed by atoms with E-state index in [9.17, 15) is 0 Å². The summed E-state index contributed by atoms with van der Waals surface area (Å²) >= 11 is -1.76. The molecule has 0 atom stereocenters. The number of halogens is 2. The van der Waals surface area contributed by atoms with Crippen molar-refractivity contribution >= 4 is 46.5 Å². The molecule has 4 heteroatoms. The topological polar surface area (TPSA) is 0 Å². The van der Waals surface area contributed by atoms with Gasteiger partial charge < -0.3 is 0 Å². The Morgan fingerprint density at radius 2 is 1.04 bits per heavy atom. The van der Waals surface area contributed by atoms with Gasteiger partial charge in [-0.15, -0.1) is 24.8 Å². The average Bonchev–Trinajstić information content (AvgIpc) is 3.33. The number of benzene rings is 2. The van der Waals surface area contributed by atoms with Gasteiger partial charge in [0.25, 0.3) is 0 Å². The Morgan fingerprint density at radius 1 is 0.643 bits per heavy atom. The summed E-state index contributed by atoms with van der Waals surface area (Å²) in [6.45, 7) is 0. The molecule has 2 aromatic rings. The van der Waals surface area contributed by atoms with Crippen LogP contribution in [0.5, 0.6) is 0 Å². The van der Waals surface area contributed by atoms with E-state index < -0.39 is 29.8 Å². The second-order valence-corrected chi connectivity index (χ2v) is 39.1. The number of hydrogen-bond acceptors (Lipinski definition) is 0. The van der Waals surface area contributed by atoms with E-state index >= 15 is 0 Å². The van der Waals surface area contributed by atoms with Crippen molar-refractivity contribution in [1.82, 2.24) is 0 Å². The monoisotopic (exact) mass is 549 g/mol. The van der Waals surface area contributed by atoms with E-state index in [0.717, 1.165) is 0 Å². The van der Waals surface area contributed by atoms with Gasteiger partial charge in [0.2, 0.25) is 0 Å². The third kappa shape index (κ3) is 4.93. The van der Waals surface area contributed by atoms with Crippen molar-refractivity contribution in [2.24, 2.45) is 0 Å². The molecule has 0 fully saturated rings. The first kappa shape index (κ1) is 23.7. The van der Waals surface area contributed by atoms with Crippen LogP contribution in [0.25, 0.3) is 11.1 Å². The second kappa shape index (κ2) is 11.0. The summed E-state index contributed by atoms with van der Waals surface area (Å²) in [7, 11) is -1.24. The summed E-state index contributed by atoms with van der Waals surface area (Å²) in [5.74, 6) is 5.28. The van der Waals surface area contributed by atoms with E-state index in [1.54, 1.807) is 11.1 Å². The van der Waals surface area contributed by atoms with Crippen molar-refractivity contribution in [1.29, 1.82) is 0 Å². The van der Waals surface area contributed by atoms with Crippen LogP contribution in [0.1, 0.15) is 24.0 Å². The van der Waals surface area contributed by atoms with Crippen molar-refractivity contribution in [3.05, 3.63) is 103 Å². The molecule has 0 N–H and O–H groups in total. The van der Waals surface area contributed by atoms with E-state index in [1.807, 2.05) is 6.56 Å². The van der Waals surface area contributed by atoms with Gasteiger partial charge in [0.1, 0.15) is 0 Å². The van der Waals surface area contributed by atoms with E-state index in [4.69, 9.17) is 0 Å². The van der Waals surface area contributed by atoms with Crippen molar-refractivity contribution in [2.45, 2.75) is 24.4 Å². The summed E-state index contributed by atoms with van der Waals surface area (Å²) in [5.41, 5.74) is 5.97. The molecule has 0 bridgehead atoms. The minimum atomic E-state index is -1.76. The molecule has 4 rings (SSSR count). The fraction of sp³-hybridized carbons (Fsp3) is 0.167. The van der Waals surface area contributed by atoms with Gasteiger partial charge in [0.05, 0.1) is 0 Å². The Hall–Kier alpha value is -0.594. The van der Waals surface area contributed by atoms with Crippen LogP contribution in [0.4, 0.5) is 0 Å². The second-order valence-electron chi connectivity index (χ2n) is 7.30. The van der Waals surface area contributed by atoms with Crippen molar-refractivity contribution in [3.8, 4) is 0 Å². The van der Waals surface area contributed by atoms with Gasteiger partial charge >= 0.3 is 168 Å². The van der Waals surface area contributed by atoms with Crippen LogP contribution in [0, 0.1) is 0 Å². The zero-order chi connectivity index (χ0) is 17.9. The molecule has 145 valence electrons. The van der Waals surface area contributed by atoms with Gasteiger partial charge in [-0.2, -0.15) is 0 Å². The van der Waals surface area contributed by atoms with Crippen LogP contribution in [-0.4, -0.2) is 10.6 Å². The van der Waals surface area contributed by atoms with Crippen LogP contribution in [-0.2, 0) is 19.2 Å². The molecule has 0 spiro atoms. The standard InChI is InChI=1S/2C11H9.C2H7Ge.2ClH.Zr/c2*1-2-6-10(7-3-1)11-8-4-5-9-11;1-3-2;;;/h2*1-4,6-8H,5H2;3H,1-2H3;2*1H;. The first-order chi connectivity index (χ1) is 12.8. The Balaban J connectivity index is 0.00000140. The Labute approximate surface area is 191 Å². The van der Waals surface area contributed by atoms with Crippen molar-refractivity contribution in [3.63, 3.8) is 0 Å². The van der Waals surface area contributed by atoms with Gasteiger partial charge in [-0.3, -0.25) is 0 Å². The molecule has 2 aliphatic rings. The molecule has 0 amide bonds. The molecule has 0 aromatic heterocycles. The molecule has 0 heterocycles. The van der Waals surface area contributed by atoms with Crippen molar-refractivity contribution < 1.29 is 19.2 Å². The first-order valence-electron chi connectivity index (χ1n) is 9.53. The van der Waals surface area contributed by atoms with Crippen LogP contribution in [0.3, 0.4) is 0 Å². The molecule has 2 aromatic carbocycles. The molecule has 0 nitrogen and oxygen atoms in total. The Bertz CT molecular complexity index is 839. The molecule has 28 heavy (non-hydrogen) atoms. The zero-order valence-corrected chi connectivity index (χ0v) is 22.9. The van der Waals surface area contributed by atoms with Crippen LogP contribution >= 0.6 is 24.8 Å². The normalized spacial score (nSPS) is 15.1. The molecular formula is C24H27Cl2GeZr. The molecule has 0 unspecified atom stereocenters. The maximum atomic E-state index is 2.64. The SMILES string of the molecule is Cl.Cl.[CH3][GeH]([CH3])[Zr]([C]1=C(c2ccccc2)C=CC1)[C]1=C(c2ccccc2)C=CC1. The third-order valence-electron chi connectivity index (χ3n) is 5.26. The van der Waals surface area contributed by atoms with Crippen LogP contribution in [0.15, 0.2) is 91.5 Å². The van der Waals surface area contributed by atoms with E-state index in [0.29, 0.717) is 0 Å². The summed E-state index contributed by atoms with van der Waals surface area (Å²) < 4.78 is 3.72. The van der Waals surface area contributed by atoms with E-state index in [2.05, 4.69) is 96.5 Å². The fourth-order valence-corrected chi connectivity index (χ4v) is 36.8. The fourth-order valence-electron chi connectivity index (χ4n) is 4.18. The molecule has 0 saturated heterocycles. The van der Waals surface area contributed by atoms with Gasteiger partial charge in [-0.1, -0.05) is 0 Å². The molecule has 0 aliphatic heterocycles. The Morgan fingerprint density at radius 3 is 1.39 bits per heavy atom. The van der Waals surface area contributed by atoms with Crippen LogP contribution in [0.2, 0.25) is 11.5 Å². The minimum absolute atomic E-state index is 0. The van der Waals surface area contributed by atoms with Crippen LogP contribution < -0.4 is 0 Å². The van der Waals surface area contributed by atoms with Gasteiger partial charge in [0.15, 0.2) is 0 Å². The summed E-state index contributed by atoms with van der Waals surface area (Å²) in [6.07, 6.45) is 12.0. The average molecular weight is 550 g/mol. The van der Waals surface area contributed by atoms with Gasteiger partial charge in [-0.05, 0) is 0 Å². The molecular weight excluding hydrogens is 523 g/mol. The number of allylic oxidation sites excluding steroid dienone is 8.